The number of piperidine rings is 1. The largest absolute Gasteiger partial charge is 0.387 e. The number of benzene rings is 1. The van der Waals surface area contributed by atoms with Crippen LogP contribution in [0.5, 0.6) is 0 Å². The molecule has 1 amide bonds. The zero-order valence-electron chi connectivity index (χ0n) is 22.2. The van der Waals surface area contributed by atoms with Gasteiger partial charge in [0.05, 0.1) is 11.4 Å². The van der Waals surface area contributed by atoms with Crippen molar-refractivity contribution in [2.45, 2.75) is 57.0 Å². The van der Waals surface area contributed by atoms with Gasteiger partial charge in [0.1, 0.15) is 0 Å². The summed E-state index contributed by atoms with van der Waals surface area (Å²) in [6, 6.07) is 11.6. The van der Waals surface area contributed by atoms with Crippen LogP contribution >= 0.6 is 0 Å². The molecule has 2 bridgehead atoms. The first kappa shape index (κ1) is 25.7. The Hall–Kier alpha value is -2.55. The summed E-state index contributed by atoms with van der Waals surface area (Å²) in [4.78, 5) is 16.7. The molecule has 1 spiro atoms. The number of nitrogens with zero attached hydrogens (tertiary/aromatic N) is 2. The topological polar surface area (TPSA) is 99.6 Å². The number of pyridine rings is 1. The fourth-order valence-corrected chi connectivity index (χ4v) is 10.5. The van der Waals surface area contributed by atoms with Crippen LogP contribution in [0, 0.1) is 16.7 Å². The number of sulfonamides is 1. The van der Waals surface area contributed by atoms with Crippen LogP contribution in [0.2, 0.25) is 0 Å². The maximum absolute atomic E-state index is 14.0. The van der Waals surface area contributed by atoms with Crippen LogP contribution in [0.25, 0.3) is 6.08 Å². The molecule has 1 aliphatic heterocycles. The number of carbonyl (C=O) groups is 1. The maximum Gasteiger partial charge on any atom is 0.251 e. The van der Waals surface area contributed by atoms with Crippen molar-refractivity contribution >= 4 is 22.0 Å². The quantitative estimate of drug-likeness (QED) is 0.587. The van der Waals surface area contributed by atoms with E-state index in [1.807, 2.05) is 6.07 Å². The standard InChI is InChI=1S/C30H37N3O4S/c1-27(2)24-8-12-29(27,30(35,19-24)20-32-26(34)23-9-15-31-16-10-23)21-38(36,37)33-17-13-28(14-18-33)11-7-22-5-3-4-6-25(22)28/h3-7,9-11,15-16,24,35H,8,12-14,17-21H2,1-2H3,(H,32,34)/t24-,29+,30-/m1/s1. The second kappa shape index (κ2) is 8.73. The third-order valence-electron chi connectivity index (χ3n) is 10.6. The number of amides is 1. The van der Waals surface area contributed by atoms with Crippen molar-refractivity contribution in [2.24, 2.45) is 16.7 Å². The Morgan fingerprint density at radius 1 is 1.11 bits per heavy atom. The molecule has 8 heteroatoms. The molecule has 0 unspecified atom stereocenters. The van der Waals surface area contributed by atoms with E-state index in [1.165, 1.54) is 11.1 Å². The van der Waals surface area contributed by atoms with Crippen molar-refractivity contribution in [2.75, 3.05) is 25.4 Å². The molecule has 1 saturated heterocycles. The van der Waals surface area contributed by atoms with Crippen molar-refractivity contribution in [1.82, 2.24) is 14.6 Å². The summed E-state index contributed by atoms with van der Waals surface area (Å²) in [5.74, 6) is -0.166. The summed E-state index contributed by atoms with van der Waals surface area (Å²) < 4.78 is 29.7. The average Bonchev–Trinajstić information content (AvgIpc) is 3.43. The van der Waals surface area contributed by atoms with Crippen LogP contribution in [0.4, 0.5) is 0 Å². The van der Waals surface area contributed by atoms with E-state index in [4.69, 9.17) is 0 Å². The van der Waals surface area contributed by atoms with Crippen molar-refractivity contribution in [3.63, 3.8) is 0 Å². The monoisotopic (exact) mass is 535 g/mol. The highest BCUT2D eigenvalue weighted by atomic mass is 32.2. The van der Waals surface area contributed by atoms with E-state index in [0.29, 0.717) is 31.5 Å². The van der Waals surface area contributed by atoms with Crippen molar-refractivity contribution in [3.05, 3.63) is 71.6 Å². The predicted octanol–water partition coefficient (Wildman–Crippen LogP) is 3.76. The number of nitrogens with one attached hydrogen (secondary N) is 1. The van der Waals surface area contributed by atoms with Gasteiger partial charge in [0.15, 0.2) is 0 Å². The molecule has 3 atom stereocenters. The summed E-state index contributed by atoms with van der Waals surface area (Å²) in [6.45, 7) is 5.19. The Morgan fingerprint density at radius 3 is 2.53 bits per heavy atom. The molecule has 7 nitrogen and oxygen atoms in total. The van der Waals surface area contributed by atoms with Crippen molar-refractivity contribution < 1.29 is 18.3 Å². The molecular formula is C30H37N3O4S. The fourth-order valence-electron chi connectivity index (χ4n) is 8.19. The molecule has 4 aliphatic rings. The van der Waals surface area contributed by atoms with Gasteiger partial charge in [-0.05, 0) is 66.7 Å². The predicted molar refractivity (Wildman–Crippen MR) is 147 cm³/mol. The van der Waals surface area contributed by atoms with E-state index < -0.39 is 21.0 Å². The van der Waals surface area contributed by atoms with E-state index >= 15 is 0 Å². The Balaban J connectivity index is 1.21. The number of carbonyl (C=O) groups excluding carboxylic acids is 1. The SMILES string of the molecule is CC1(C)[C@@H]2CC[C@@]1(CS(=O)(=O)N1CCC3(C=Cc4ccccc43)CC1)[C@](O)(CNC(=O)c1ccncc1)C2. The third-order valence-corrected chi connectivity index (χ3v) is 12.7. The first-order valence-corrected chi connectivity index (χ1v) is 15.3. The highest BCUT2D eigenvalue weighted by molar-refractivity contribution is 7.89. The summed E-state index contributed by atoms with van der Waals surface area (Å²) in [5.41, 5.74) is 0.419. The molecule has 2 aromatic rings. The molecule has 2 saturated carbocycles. The van der Waals surface area contributed by atoms with E-state index in [2.05, 4.69) is 54.5 Å². The summed E-state index contributed by atoms with van der Waals surface area (Å²) in [5, 5.41) is 15.0. The lowest BCUT2D eigenvalue weighted by molar-refractivity contribution is -0.0838. The Labute approximate surface area is 225 Å². The summed E-state index contributed by atoms with van der Waals surface area (Å²) >= 11 is 0. The zero-order valence-corrected chi connectivity index (χ0v) is 23.0. The number of aromatic nitrogens is 1. The highest BCUT2D eigenvalue weighted by Gasteiger charge is 2.72. The molecule has 0 radical (unpaired) electrons. The lowest BCUT2D eigenvalue weighted by Gasteiger charge is -2.49. The lowest BCUT2D eigenvalue weighted by Crippen LogP contribution is -2.60. The van der Waals surface area contributed by atoms with Crippen molar-refractivity contribution in [1.29, 1.82) is 0 Å². The Bertz CT molecular complexity index is 1380. The smallest absolute Gasteiger partial charge is 0.251 e. The Morgan fingerprint density at radius 2 is 1.82 bits per heavy atom. The van der Waals surface area contributed by atoms with E-state index in [-0.39, 0.29) is 35.0 Å². The fraction of sp³-hybridized carbons (Fsp3) is 0.533. The van der Waals surface area contributed by atoms with Crippen molar-refractivity contribution in [3.8, 4) is 0 Å². The first-order valence-electron chi connectivity index (χ1n) is 13.7. The average molecular weight is 536 g/mol. The minimum absolute atomic E-state index is 0.0360. The lowest BCUT2D eigenvalue weighted by atomic mass is 9.64. The van der Waals surface area contributed by atoms with Crippen LogP contribution in [-0.4, -0.2) is 59.7 Å². The van der Waals surface area contributed by atoms with Crippen LogP contribution in [-0.2, 0) is 15.4 Å². The van der Waals surface area contributed by atoms with E-state index in [0.717, 1.165) is 19.3 Å². The second-order valence-electron chi connectivity index (χ2n) is 12.4. The van der Waals surface area contributed by atoms with Gasteiger partial charge in [-0.1, -0.05) is 50.3 Å². The maximum atomic E-state index is 14.0. The van der Waals surface area contributed by atoms with Crippen LogP contribution < -0.4 is 5.32 Å². The summed E-state index contributed by atoms with van der Waals surface area (Å²) in [7, 11) is -3.64. The van der Waals surface area contributed by atoms with Gasteiger partial charge in [-0.3, -0.25) is 9.78 Å². The van der Waals surface area contributed by atoms with Gasteiger partial charge >= 0.3 is 0 Å². The molecular weight excluding hydrogens is 498 g/mol. The first-order chi connectivity index (χ1) is 18.0. The molecule has 202 valence electrons. The molecule has 3 aliphatic carbocycles. The number of fused-ring (bicyclic) bond motifs is 4. The third kappa shape index (κ3) is 3.71. The van der Waals surface area contributed by atoms with Crippen LogP contribution in [0.3, 0.4) is 0 Å². The Kier molecular flexibility index (Phi) is 5.91. The zero-order chi connectivity index (χ0) is 26.8. The number of aliphatic hydroxyl groups is 1. The number of hydrogen-bond donors (Lipinski definition) is 2. The van der Waals surface area contributed by atoms with Gasteiger partial charge in [-0.15, -0.1) is 0 Å². The molecule has 2 heterocycles. The van der Waals surface area contributed by atoms with Crippen LogP contribution in [0.1, 0.15) is 67.4 Å². The molecule has 3 fully saturated rings. The molecule has 2 N–H and O–H groups in total. The van der Waals surface area contributed by atoms with Gasteiger partial charge in [-0.2, -0.15) is 0 Å². The minimum Gasteiger partial charge on any atom is -0.387 e. The molecule has 6 rings (SSSR count). The molecule has 1 aromatic heterocycles. The molecule has 38 heavy (non-hydrogen) atoms. The highest BCUT2D eigenvalue weighted by Crippen LogP contribution is 2.70. The number of rotatable bonds is 6. The van der Waals surface area contributed by atoms with Gasteiger partial charge in [0, 0.05) is 48.4 Å². The normalized spacial score (nSPS) is 31.0. The minimum atomic E-state index is -3.64. The summed E-state index contributed by atoms with van der Waals surface area (Å²) in [6.07, 6.45) is 11.1. The second-order valence-corrected chi connectivity index (χ2v) is 14.4. The van der Waals surface area contributed by atoms with Crippen LogP contribution in [0.15, 0.2) is 54.9 Å². The van der Waals surface area contributed by atoms with Gasteiger partial charge < -0.3 is 10.4 Å². The number of allylic oxidation sites excluding steroid dienone is 1. The van der Waals surface area contributed by atoms with Gasteiger partial charge in [0.2, 0.25) is 10.0 Å². The van der Waals surface area contributed by atoms with E-state index in [1.54, 1.807) is 28.8 Å². The number of hydrogen-bond acceptors (Lipinski definition) is 5. The van der Waals surface area contributed by atoms with Gasteiger partial charge in [-0.25, -0.2) is 12.7 Å². The van der Waals surface area contributed by atoms with Gasteiger partial charge in [0.25, 0.3) is 5.91 Å². The molecule has 1 aromatic carbocycles. The van der Waals surface area contributed by atoms with E-state index in [9.17, 15) is 18.3 Å².